The number of hydrogen-bond donors (Lipinski definition) is 2. The lowest BCUT2D eigenvalue weighted by Gasteiger charge is -2.25. The van der Waals surface area contributed by atoms with Crippen molar-refractivity contribution < 1.29 is 18.4 Å². The SMILES string of the molecule is CN(C)[C@@H](CNC(=O)C(=O)Nc1ccccc1F)c1ccc(F)cc1. The first-order valence-electron chi connectivity index (χ1n) is 7.64. The van der Waals surface area contributed by atoms with Gasteiger partial charge in [-0.1, -0.05) is 24.3 Å². The Bertz CT molecular complexity index is 748. The molecule has 25 heavy (non-hydrogen) atoms. The molecule has 0 aliphatic heterocycles. The number of carbonyl (C=O) groups is 2. The van der Waals surface area contributed by atoms with Gasteiger partial charge in [0.05, 0.1) is 11.7 Å². The highest BCUT2D eigenvalue weighted by molar-refractivity contribution is 6.39. The van der Waals surface area contributed by atoms with Crippen molar-refractivity contribution >= 4 is 17.5 Å². The van der Waals surface area contributed by atoms with E-state index >= 15 is 0 Å². The zero-order valence-corrected chi connectivity index (χ0v) is 13.9. The van der Waals surface area contributed by atoms with E-state index < -0.39 is 17.6 Å². The van der Waals surface area contributed by atoms with Gasteiger partial charge in [-0.05, 0) is 43.9 Å². The number of nitrogens with one attached hydrogen (secondary N) is 2. The van der Waals surface area contributed by atoms with Gasteiger partial charge in [0.1, 0.15) is 11.6 Å². The maximum absolute atomic E-state index is 13.5. The van der Waals surface area contributed by atoms with Crippen LogP contribution in [0.1, 0.15) is 11.6 Å². The molecule has 0 saturated heterocycles. The van der Waals surface area contributed by atoms with Crippen molar-refractivity contribution in [2.45, 2.75) is 6.04 Å². The number of amides is 2. The van der Waals surface area contributed by atoms with Crippen molar-refractivity contribution in [3.63, 3.8) is 0 Å². The summed E-state index contributed by atoms with van der Waals surface area (Å²) in [5, 5.41) is 4.73. The van der Waals surface area contributed by atoms with Crippen LogP contribution in [0.2, 0.25) is 0 Å². The first kappa shape index (κ1) is 18.5. The molecule has 0 aromatic heterocycles. The standard InChI is InChI=1S/C18H19F2N3O2/c1-23(2)16(12-7-9-13(19)10-8-12)11-21-17(24)18(25)22-15-6-4-3-5-14(15)20/h3-10,16H,11H2,1-2H3,(H,21,24)(H,22,25)/t16-/m0/s1. The molecule has 0 fully saturated rings. The summed E-state index contributed by atoms with van der Waals surface area (Å²) in [4.78, 5) is 25.7. The van der Waals surface area contributed by atoms with Gasteiger partial charge in [-0.25, -0.2) is 8.78 Å². The maximum atomic E-state index is 13.5. The van der Waals surface area contributed by atoms with Gasteiger partial charge in [-0.2, -0.15) is 0 Å². The van der Waals surface area contributed by atoms with E-state index in [1.54, 1.807) is 32.3 Å². The number of carbonyl (C=O) groups excluding carboxylic acids is 2. The van der Waals surface area contributed by atoms with Crippen molar-refractivity contribution in [3.8, 4) is 0 Å². The van der Waals surface area contributed by atoms with Crippen molar-refractivity contribution in [2.75, 3.05) is 26.0 Å². The molecule has 2 rings (SSSR count). The van der Waals surface area contributed by atoms with E-state index in [4.69, 9.17) is 0 Å². The Morgan fingerprint density at radius 3 is 2.24 bits per heavy atom. The zero-order chi connectivity index (χ0) is 18.4. The molecular formula is C18H19F2N3O2. The van der Waals surface area contributed by atoms with E-state index in [0.29, 0.717) is 0 Å². The number of halogens is 2. The quantitative estimate of drug-likeness (QED) is 0.816. The molecule has 2 amide bonds. The fourth-order valence-corrected chi connectivity index (χ4v) is 2.29. The number of anilines is 1. The van der Waals surface area contributed by atoms with Gasteiger partial charge in [-0.3, -0.25) is 9.59 Å². The summed E-state index contributed by atoms with van der Waals surface area (Å²) in [5.74, 6) is -2.81. The minimum Gasteiger partial charge on any atom is -0.346 e. The topological polar surface area (TPSA) is 61.4 Å². The van der Waals surface area contributed by atoms with Gasteiger partial charge in [0, 0.05) is 6.54 Å². The highest BCUT2D eigenvalue weighted by Crippen LogP contribution is 2.18. The van der Waals surface area contributed by atoms with Crippen LogP contribution in [-0.2, 0) is 9.59 Å². The van der Waals surface area contributed by atoms with Gasteiger partial charge >= 0.3 is 11.8 Å². The zero-order valence-electron chi connectivity index (χ0n) is 13.9. The lowest BCUT2D eigenvalue weighted by atomic mass is 10.1. The van der Waals surface area contributed by atoms with E-state index in [0.717, 1.165) is 5.56 Å². The van der Waals surface area contributed by atoms with Gasteiger partial charge in [0.25, 0.3) is 0 Å². The molecule has 5 nitrogen and oxygen atoms in total. The summed E-state index contributed by atoms with van der Waals surface area (Å²) in [5.41, 5.74) is 0.728. The second-order valence-electron chi connectivity index (χ2n) is 5.67. The maximum Gasteiger partial charge on any atom is 0.313 e. The normalized spacial score (nSPS) is 11.9. The molecule has 1 atom stereocenters. The lowest BCUT2D eigenvalue weighted by molar-refractivity contribution is -0.136. The van der Waals surface area contributed by atoms with E-state index in [2.05, 4.69) is 10.6 Å². The minimum absolute atomic E-state index is 0.0645. The van der Waals surface area contributed by atoms with Crippen LogP contribution in [0.3, 0.4) is 0 Å². The third kappa shape index (κ3) is 5.09. The Kier molecular flexibility index (Phi) is 6.19. The molecule has 0 aliphatic rings. The number of likely N-dealkylation sites (N-methyl/N-ethyl adjacent to an activating group) is 1. The highest BCUT2D eigenvalue weighted by Gasteiger charge is 2.19. The fraction of sp³-hybridized carbons (Fsp3) is 0.222. The molecule has 2 aromatic rings. The van der Waals surface area contributed by atoms with Crippen LogP contribution in [0, 0.1) is 11.6 Å². The number of benzene rings is 2. The van der Waals surface area contributed by atoms with E-state index in [9.17, 15) is 18.4 Å². The molecule has 0 unspecified atom stereocenters. The summed E-state index contributed by atoms with van der Waals surface area (Å²) in [6, 6.07) is 11.2. The predicted molar refractivity (Wildman–Crippen MR) is 90.9 cm³/mol. The van der Waals surface area contributed by atoms with Crippen molar-refractivity contribution in [1.29, 1.82) is 0 Å². The monoisotopic (exact) mass is 347 g/mol. The van der Waals surface area contributed by atoms with Crippen LogP contribution in [0.5, 0.6) is 0 Å². The van der Waals surface area contributed by atoms with Gasteiger partial charge in [0.15, 0.2) is 0 Å². The third-order valence-electron chi connectivity index (χ3n) is 3.66. The average molecular weight is 347 g/mol. The summed E-state index contributed by atoms with van der Waals surface area (Å²) >= 11 is 0. The molecule has 0 radical (unpaired) electrons. The molecule has 0 spiro atoms. The molecular weight excluding hydrogens is 328 g/mol. The number of nitrogens with zero attached hydrogens (tertiary/aromatic N) is 1. The first-order valence-corrected chi connectivity index (χ1v) is 7.64. The number of hydrogen-bond acceptors (Lipinski definition) is 3. The summed E-state index contributed by atoms with van der Waals surface area (Å²) in [6.07, 6.45) is 0. The van der Waals surface area contributed by atoms with Crippen LogP contribution in [0.25, 0.3) is 0 Å². The van der Waals surface area contributed by atoms with E-state index in [1.165, 1.54) is 30.3 Å². The Morgan fingerprint density at radius 1 is 1.00 bits per heavy atom. The Balaban J connectivity index is 1.97. The van der Waals surface area contributed by atoms with Crippen LogP contribution < -0.4 is 10.6 Å². The fourth-order valence-electron chi connectivity index (χ4n) is 2.29. The van der Waals surface area contributed by atoms with Gasteiger partial charge < -0.3 is 15.5 Å². The summed E-state index contributed by atoms with van der Waals surface area (Å²) < 4.78 is 26.5. The smallest absolute Gasteiger partial charge is 0.313 e. The Morgan fingerprint density at radius 2 is 1.64 bits per heavy atom. The highest BCUT2D eigenvalue weighted by atomic mass is 19.1. The van der Waals surface area contributed by atoms with Crippen LogP contribution in [-0.4, -0.2) is 37.4 Å². The van der Waals surface area contributed by atoms with Crippen LogP contribution in [0.15, 0.2) is 48.5 Å². The average Bonchev–Trinajstić information content (AvgIpc) is 2.58. The number of rotatable bonds is 5. The van der Waals surface area contributed by atoms with Crippen LogP contribution in [0.4, 0.5) is 14.5 Å². The van der Waals surface area contributed by atoms with Crippen molar-refractivity contribution in [1.82, 2.24) is 10.2 Å². The van der Waals surface area contributed by atoms with Crippen LogP contribution >= 0.6 is 0 Å². The number of para-hydroxylation sites is 1. The molecule has 7 heteroatoms. The van der Waals surface area contributed by atoms with E-state index in [-0.39, 0.29) is 24.1 Å². The Hall–Kier alpha value is -2.80. The summed E-state index contributed by atoms with van der Waals surface area (Å²) in [6.45, 7) is 0.141. The molecule has 0 saturated carbocycles. The molecule has 0 bridgehead atoms. The lowest BCUT2D eigenvalue weighted by Crippen LogP contribution is -2.40. The second-order valence-corrected chi connectivity index (χ2v) is 5.67. The first-order chi connectivity index (χ1) is 11.9. The molecule has 2 aromatic carbocycles. The van der Waals surface area contributed by atoms with E-state index in [1.807, 2.05) is 4.90 Å². The van der Waals surface area contributed by atoms with Crippen molar-refractivity contribution in [3.05, 3.63) is 65.7 Å². The minimum atomic E-state index is -0.957. The molecule has 0 heterocycles. The third-order valence-corrected chi connectivity index (χ3v) is 3.66. The largest absolute Gasteiger partial charge is 0.346 e. The molecule has 0 aliphatic carbocycles. The van der Waals surface area contributed by atoms with Gasteiger partial charge in [-0.15, -0.1) is 0 Å². The molecule has 2 N–H and O–H groups in total. The van der Waals surface area contributed by atoms with Gasteiger partial charge in [0.2, 0.25) is 0 Å². The Labute approximate surface area is 144 Å². The second kappa shape index (κ2) is 8.34. The van der Waals surface area contributed by atoms with Crippen molar-refractivity contribution in [2.24, 2.45) is 0 Å². The predicted octanol–water partition coefficient (Wildman–Crippen LogP) is 2.32. The summed E-state index contributed by atoms with van der Waals surface area (Å²) in [7, 11) is 3.61. The molecule has 132 valence electrons.